The molecule has 0 aliphatic carbocycles. The molecular weight excluding hydrogens is 380 g/mol. The number of likely N-dealkylation sites (tertiary alicyclic amines) is 1. The number of nitrogens with zero attached hydrogens (tertiary/aromatic N) is 1. The van der Waals surface area contributed by atoms with Crippen molar-refractivity contribution in [2.75, 3.05) is 26.2 Å². The van der Waals surface area contributed by atoms with Crippen molar-refractivity contribution in [1.82, 2.24) is 10.2 Å². The number of carbonyl (C=O) groups is 1. The van der Waals surface area contributed by atoms with Crippen molar-refractivity contribution < 1.29 is 9.53 Å². The molecule has 1 amide bonds. The summed E-state index contributed by atoms with van der Waals surface area (Å²) in [5.41, 5.74) is 1.25. The predicted molar refractivity (Wildman–Crippen MR) is 103 cm³/mol. The lowest BCUT2D eigenvalue weighted by Crippen LogP contribution is -2.38. The zero-order valence-electron chi connectivity index (χ0n) is 14.2. The Balaban J connectivity index is 1.53. The Kier molecular flexibility index (Phi) is 6.48. The summed E-state index contributed by atoms with van der Waals surface area (Å²) in [5.74, 6) is 0.598. The third-order valence-corrected chi connectivity index (χ3v) is 4.97. The van der Waals surface area contributed by atoms with Crippen molar-refractivity contribution in [1.29, 1.82) is 0 Å². The summed E-state index contributed by atoms with van der Waals surface area (Å²) in [6.45, 7) is 2.81. The molecule has 0 spiro atoms. The first-order valence-electron chi connectivity index (χ1n) is 8.66. The molecule has 132 valence electrons. The third kappa shape index (κ3) is 5.31. The van der Waals surface area contributed by atoms with E-state index in [9.17, 15) is 4.79 Å². The van der Waals surface area contributed by atoms with E-state index in [4.69, 9.17) is 4.74 Å². The van der Waals surface area contributed by atoms with Crippen LogP contribution in [0.4, 0.5) is 0 Å². The SMILES string of the molecule is O=C(COc1ccc(Br)cc1)NC[C@@H](c1ccccc1)N1CCCC1. The van der Waals surface area contributed by atoms with E-state index in [1.807, 2.05) is 30.3 Å². The van der Waals surface area contributed by atoms with E-state index in [1.165, 1.54) is 18.4 Å². The maximum absolute atomic E-state index is 12.2. The van der Waals surface area contributed by atoms with Gasteiger partial charge in [-0.2, -0.15) is 0 Å². The minimum Gasteiger partial charge on any atom is -0.484 e. The fraction of sp³-hybridized carbons (Fsp3) is 0.350. The highest BCUT2D eigenvalue weighted by Gasteiger charge is 2.23. The lowest BCUT2D eigenvalue weighted by molar-refractivity contribution is -0.123. The zero-order chi connectivity index (χ0) is 17.5. The minimum absolute atomic E-state index is 0.0309. The molecular formula is C20H23BrN2O2. The topological polar surface area (TPSA) is 41.6 Å². The molecule has 1 aliphatic rings. The van der Waals surface area contributed by atoms with Gasteiger partial charge in [-0.15, -0.1) is 0 Å². The Hall–Kier alpha value is -1.85. The number of amides is 1. The number of rotatable bonds is 7. The van der Waals surface area contributed by atoms with Gasteiger partial charge in [0.25, 0.3) is 5.91 Å². The van der Waals surface area contributed by atoms with Crippen LogP contribution in [-0.4, -0.2) is 37.0 Å². The van der Waals surface area contributed by atoms with Crippen molar-refractivity contribution in [3.8, 4) is 5.75 Å². The first-order valence-corrected chi connectivity index (χ1v) is 9.46. The quantitative estimate of drug-likeness (QED) is 0.765. The highest BCUT2D eigenvalue weighted by atomic mass is 79.9. The molecule has 1 fully saturated rings. The standard InChI is InChI=1S/C20H23BrN2O2/c21-17-8-10-18(11-9-17)25-15-20(24)22-14-19(23-12-4-5-13-23)16-6-2-1-3-7-16/h1-3,6-11,19H,4-5,12-15H2,(H,22,24)/t19-/m0/s1. The molecule has 1 aliphatic heterocycles. The van der Waals surface area contributed by atoms with E-state index in [0.717, 1.165) is 17.6 Å². The molecule has 1 heterocycles. The van der Waals surface area contributed by atoms with Gasteiger partial charge in [0, 0.05) is 11.0 Å². The van der Waals surface area contributed by atoms with Gasteiger partial charge < -0.3 is 10.1 Å². The van der Waals surface area contributed by atoms with Crippen molar-refractivity contribution >= 4 is 21.8 Å². The van der Waals surface area contributed by atoms with Gasteiger partial charge in [0.15, 0.2) is 6.61 Å². The fourth-order valence-electron chi connectivity index (χ4n) is 3.13. The van der Waals surface area contributed by atoms with Crippen LogP contribution in [0.2, 0.25) is 0 Å². The Morgan fingerprint density at radius 2 is 1.76 bits per heavy atom. The van der Waals surface area contributed by atoms with E-state index in [0.29, 0.717) is 12.3 Å². The summed E-state index contributed by atoms with van der Waals surface area (Å²) in [6, 6.07) is 18.1. The number of hydrogen-bond acceptors (Lipinski definition) is 3. The van der Waals surface area contributed by atoms with Crippen LogP contribution in [-0.2, 0) is 4.79 Å². The molecule has 1 atom stereocenters. The Morgan fingerprint density at radius 3 is 2.44 bits per heavy atom. The summed E-state index contributed by atoms with van der Waals surface area (Å²) < 4.78 is 6.53. The molecule has 1 saturated heterocycles. The van der Waals surface area contributed by atoms with Gasteiger partial charge >= 0.3 is 0 Å². The van der Waals surface area contributed by atoms with Gasteiger partial charge in [0.05, 0.1) is 6.04 Å². The molecule has 0 bridgehead atoms. The fourth-order valence-corrected chi connectivity index (χ4v) is 3.39. The van der Waals surface area contributed by atoms with E-state index in [-0.39, 0.29) is 18.6 Å². The number of halogens is 1. The minimum atomic E-state index is -0.0944. The van der Waals surface area contributed by atoms with Crippen LogP contribution in [0.3, 0.4) is 0 Å². The highest BCUT2D eigenvalue weighted by Crippen LogP contribution is 2.24. The molecule has 0 unspecified atom stereocenters. The smallest absolute Gasteiger partial charge is 0.258 e. The second kappa shape index (κ2) is 9.02. The van der Waals surface area contributed by atoms with E-state index >= 15 is 0 Å². The predicted octanol–water partition coefficient (Wildman–Crippen LogP) is 3.78. The number of ether oxygens (including phenoxy) is 1. The van der Waals surface area contributed by atoms with Crippen LogP contribution in [0, 0.1) is 0 Å². The van der Waals surface area contributed by atoms with Gasteiger partial charge in [-0.1, -0.05) is 46.3 Å². The van der Waals surface area contributed by atoms with E-state index < -0.39 is 0 Å². The number of benzene rings is 2. The van der Waals surface area contributed by atoms with Crippen molar-refractivity contribution in [2.45, 2.75) is 18.9 Å². The maximum Gasteiger partial charge on any atom is 0.258 e. The van der Waals surface area contributed by atoms with Crippen LogP contribution in [0.25, 0.3) is 0 Å². The van der Waals surface area contributed by atoms with Gasteiger partial charge in [0.1, 0.15) is 5.75 Å². The summed E-state index contributed by atoms with van der Waals surface area (Å²) >= 11 is 3.38. The van der Waals surface area contributed by atoms with Crippen LogP contribution in [0.15, 0.2) is 59.1 Å². The van der Waals surface area contributed by atoms with Crippen molar-refractivity contribution in [3.05, 3.63) is 64.6 Å². The third-order valence-electron chi connectivity index (χ3n) is 4.44. The van der Waals surface area contributed by atoms with Crippen LogP contribution in [0.1, 0.15) is 24.4 Å². The summed E-state index contributed by atoms with van der Waals surface area (Å²) in [5, 5.41) is 3.02. The van der Waals surface area contributed by atoms with E-state index in [1.54, 1.807) is 0 Å². The number of carbonyl (C=O) groups excluding carboxylic acids is 1. The number of hydrogen-bond donors (Lipinski definition) is 1. The van der Waals surface area contributed by atoms with Gasteiger partial charge in [-0.3, -0.25) is 9.69 Å². The summed E-state index contributed by atoms with van der Waals surface area (Å²) in [6.07, 6.45) is 2.45. The Morgan fingerprint density at radius 1 is 1.08 bits per heavy atom. The normalized spacial score (nSPS) is 15.7. The highest BCUT2D eigenvalue weighted by molar-refractivity contribution is 9.10. The first kappa shape index (κ1) is 18.0. The molecule has 0 aromatic heterocycles. The average Bonchev–Trinajstić information content (AvgIpc) is 3.17. The van der Waals surface area contributed by atoms with Gasteiger partial charge in [-0.25, -0.2) is 0 Å². The first-order chi connectivity index (χ1) is 12.2. The monoisotopic (exact) mass is 402 g/mol. The van der Waals surface area contributed by atoms with Crippen LogP contribution >= 0.6 is 15.9 Å². The van der Waals surface area contributed by atoms with E-state index in [2.05, 4.69) is 50.4 Å². The molecule has 3 rings (SSSR count). The molecule has 2 aromatic carbocycles. The Bertz CT molecular complexity index is 670. The molecule has 0 radical (unpaired) electrons. The summed E-state index contributed by atoms with van der Waals surface area (Å²) in [4.78, 5) is 14.6. The number of nitrogens with one attached hydrogen (secondary N) is 1. The Labute approximate surface area is 157 Å². The average molecular weight is 403 g/mol. The van der Waals surface area contributed by atoms with Gasteiger partial charge in [0.2, 0.25) is 0 Å². The van der Waals surface area contributed by atoms with Crippen molar-refractivity contribution in [3.63, 3.8) is 0 Å². The lowest BCUT2D eigenvalue weighted by atomic mass is 10.1. The second-order valence-corrected chi connectivity index (χ2v) is 7.13. The largest absolute Gasteiger partial charge is 0.484 e. The molecule has 0 saturated carbocycles. The summed E-state index contributed by atoms with van der Waals surface area (Å²) in [7, 11) is 0. The van der Waals surface area contributed by atoms with Crippen LogP contribution in [0.5, 0.6) is 5.75 Å². The van der Waals surface area contributed by atoms with Crippen LogP contribution < -0.4 is 10.1 Å². The maximum atomic E-state index is 12.2. The molecule has 4 nitrogen and oxygen atoms in total. The van der Waals surface area contributed by atoms with Crippen molar-refractivity contribution in [2.24, 2.45) is 0 Å². The second-order valence-electron chi connectivity index (χ2n) is 6.22. The lowest BCUT2D eigenvalue weighted by Gasteiger charge is -2.28. The molecule has 2 aromatic rings. The zero-order valence-corrected chi connectivity index (χ0v) is 15.7. The molecule has 1 N–H and O–H groups in total. The molecule has 25 heavy (non-hydrogen) atoms. The molecule has 5 heteroatoms. The van der Waals surface area contributed by atoms with Gasteiger partial charge in [-0.05, 0) is 55.8 Å².